The minimum absolute atomic E-state index is 0.309. The van der Waals surface area contributed by atoms with E-state index < -0.39 is 0 Å². The molecule has 0 aromatic carbocycles. The molecular formula is C15H20N2O2. The van der Waals surface area contributed by atoms with E-state index in [2.05, 4.69) is 22.9 Å². The van der Waals surface area contributed by atoms with Gasteiger partial charge in [-0.25, -0.2) is 4.79 Å². The molecule has 1 aromatic rings. The molecule has 1 aliphatic rings. The maximum atomic E-state index is 11.5. The number of pyridine rings is 1. The lowest BCUT2D eigenvalue weighted by molar-refractivity contribution is 0.0526. The fourth-order valence-corrected chi connectivity index (χ4v) is 2.15. The second-order valence-electron chi connectivity index (χ2n) is 4.53. The van der Waals surface area contributed by atoms with Crippen molar-refractivity contribution in [1.29, 1.82) is 0 Å². The Balaban J connectivity index is 2.07. The number of hydrogen-bond acceptors (Lipinski definition) is 4. The van der Waals surface area contributed by atoms with Gasteiger partial charge in [0.05, 0.1) is 17.9 Å². The van der Waals surface area contributed by atoms with Crippen LogP contribution in [-0.4, -0.2) is 42.1 Å². The van der Waals surface area contributed by atoms with Gasteiger partial charge in [-0.15, -0.1) is 0 Å². The summed E-state index contributed by atoms with van der Waals surface area (Å²) >= 11 is 0. The number of hydrogen-bond donors (Lipinski definition) is 0. The SMILES string of the molecule is CCOC(=O)c1ccc(C2=CCN(CC)CC2)nc1. The number of ether oxygens (including phenoxy) is 1. The summed E-state index contributed by atoms with van der Waals surface area (Å²) in [4.78, 5) is 18.3. The van der Waals surface area contributed by atoms with Crippen LogP contribution in [0.15, 0.2) is 24.4 Å². The van der Waals surface area contributed by atoms with Gasteiger partial charge in [0.15, 0.2) is 0 Å². The second-order valence-corrected chi connectivity index (χ2v) is 4.53. The quantitative estimate of drug-likeness (QED) is 0.779. The molecule has 4 nitrogen and oxygen atoms in total. The van der Waals surface area contributed by atoms with E-state index in [9.17, 15) is 4.79 Å². The molecule has 0 amide bonds. The van der Waals surface area contributed by atoms with Crippen molar-refractivity contribution in [2.75, 3.05) is 26.2 Å². The Bertz CT molecular complexity index is 466. The Morgan fingerprint density at radius 1 is 1.42 bits per heavy atom. The molecule has 0 unspecified atom stereocenters. The molecule has 4 heteroatoms. The first-order valence-corrected chi connectivity index (χ1v) is 6.79. The minimum atomic E-state index is -0.309. The molecule has 0 spiro atoms. The molecule has 19 heavy (non-hydrogen) atoms. The Morgan fingerprint density at radius 3 is 2.79 bits per heavy atom. The fourth-order valence-electron chi connectivity index (χ4n) is 2.15. The Labute approximate surface area is 114 Å². The molecule has 1 aromatic heterocycles. The summed E-state index contributed by atoms with van der Waals surface area (Å²) in [5.74, 6) is -0.309. The zero-order valence-corrected chi connectivity index (χ0v) is 11.6. The van der Waals surface area contributed by atoms with Crippen molar-refractivity contribution in [3.8, 4) is 0 Å². The standard InChI is InChI=1S/C15H20N2O2/c1-3-17-9-7-12(8-10-17)14-6-5-13(11-16-14)15(18)19-4-2/h5-7,11H,3-4,8-10H2,1-2H3. The van der Waals surface area contributed by atoms with Crippen LogP contribution in [0.5, 0.6) is 0 Å². The van der Waals surface area contributed by atoms with Crippen LogP contribution in [0.4, 0.5) is 0 Å². The summed E-state index contributed by atoms with van der Waals surface area (Å²) < 4.78 is 4.94. The lowest BCUT2D eigenvalue weighted by atomic mass is 10.0. The number of carbonyl (C=O) groups is 1. The maximum Gasteiger partial charge on any atom is 0.339 e. The van der Waals surface area contributed by atoms with Gasteiger partial charge in [0.1, 0.15) is 0 Å². The first-order valence-electron chi connectivity index (χ1n) is 6.79. The third kappa shape index (κ3) is 3.41. The number of aromatic nitrogens is 1. The topological polar surface area (TPSA) is 42.4 Å². The summed E-state index contributed by atoms with van der Waals surface area (Å²) in [5, 5.41) is 0. The zero-order chi connectivity index (χ0) is 13.7. The Kier molecular flexibility index (Phi) is 4.68. The van der Waals surface area contributed by atoms with Crippen molar-refractivity contribution < 1.29 is 9.53 Å². The van der Waals surface area contributed by atoms with Crippen LogP contribution < -0.4 is 0 Å². The lowest BCUT2D eigenvalue weighted by Crippen LogP contribution is -2.28. The molecule has 0 saturated carbocycles. The first kappa shape index (κ1) is 13.7. The highest BCUT2D eigenvalue weighted by atomic mass is 16.5. The zero-order valence-electron chi connectivity index (χ0n) is 11.6. The van der Waals surface area contributed by atoms with Crippen LogP contribution in [-0.2, 0) is 4.74 Å². The van der Waals surface area contributed by atoms with E-state index in [0.29, 0.717) is 12.2 Å². The molecule has 0 atom stereocenters. The van der Waals surface area contributed by atoms with Crippen molar-refractivity contribution in [2.45, 2.75) is 20.3 Å². The molecule has 0 aliphatic carbocycles. The summed E-state index contributed by atoms with van der Waals surface area (Å²) in [6.45, 7) is 7.49. The third-order valence-corrected chi connectivity index (χ3v) is 3.34. The predicted octanol–water partition coefficient (Wildman–Crippen LogP) is 2.37. The van der Waals surface area contributed by atoms with E-state index in [1.54, 1.807) is 19.2 Å². The Hall–Kier alpha value is -1.68. The predicted molar refractivity (Wildman–Crippen MR) is 74.9 cm³/mol. The van der Waals surface area contributed by atoms with Crippen LogP contribution in [0.1, 0.15) is 36.3 Å². The van der Waals surface area contributed by atoms with Gasteiger partial charge in [-0.05, 0) is 37.6 Å². The highest BCUT2D eigenvalue weighted by Crippen LogP contribution is 2.20. The van der Waals surface area contributed by atoms with E-state index in [1.807, 2.05) is 6.07 Å². The monoisotopic (exact) mass is 260 g/mol. The minimum Gasteiger partial charge on any atom is -0.462 e. The third-order valence-electron chi connectivity index (χ3n) is 3.34. The molecule has 0 N–H and O–H groups in total. The fraction of sp³-hybridized carbons (Fsp3) is 0.467. The van der Waals surface area contributed by atoms with Crippen LogP contribution in [0.3, 0.4) is 0 Å². The van der Waals surface area contributed by atoms with Gasteiger partial charge < -0.3 is 4.74 Å². The maximum absolute atomic E-state index is 11.5. The van der Waals surface area contributed by atoms with Crippen molar-refractivity contribution in [3.63, 3.8) is 0 Å². The molecule has 0 radical (unpaired) electrons. The van der Waals surface area contributed by atoms with Gasteiger partial charge in [-0.3, -0.25) is 9.88 Å². The van der Waals surface area contributed by atoms with Crippen molar-refractivity contribution in [1.82, 2.24) is 9.88 Å². The number of nitrogens with zero attached hydrogens (tertiary/aromatic N) is 2. The molecule has 2 rings (SSSR count). The van der Waals surface area contributed by atoms with Gasteiger partial charge in [-0.2, -0.15) is 0 Å². The summed E-state index contributed by atoms with van der Waals surface area (Å²) in [5.41, 5.74) is 2.74. The van der Waals surface area contributed by atoms with Gasteiger partial charge in [0.2, 0.25) is 0 Å². The van der Waals surface area contributed by atoms with E-state index in [4.69, 9.17) is 4.74 Å². The normalized spacial score (nSPS) is 16.0. The average Bonchev–Trinajstić information content (AvgIpc) is 2.48. The van der Waals surface area contributed by atoms with E-state index in [-0.39, 0.29) is 5.97 Å². The highest BCUT2D eigenvalue weighted by Gasteiger charge is 2.13. The van der Waals surface area contributed by atoms with Gasteiger partial charge in [0.25, 0.3) is 0 Å². The molecule has 0 bridgehead atoms. The van der Waals surface area contributed by atoms with Gasteiger partial charge in [-0.1, -0.05) is 13.0 Å². The largest absolute Gasteiger partial charge is 0.462 e. The molecular weight excluding hydrogens is 240 g/mol. The molecule has 0 saturated heterocycles. The summed E-state index contributed by atoms with van der Waals surface area (Å²) in [6, 6.07) is 3.69. The van der Waals surface area contributed by atoms with Crippen LogP contribution in [0.2, 0.25) is 0 Å². The van der Waals surface area contributed by atoms with Crippen LogP contribution in [0, 0.1) is 0 Å². The number of rotatable bonds is 4. The number of likely N-dealkylation sites (N-methyl/N-ethyl adjacent to an activating group) is 1. The molecule has 0 fully saturated rings. The number of carbonyl (C=O) groups excluding carboxylic acids is 1. The van der Waals surface area contributed by atoms with Crippen molar-refractivity contribution in [3.05, 3.63) is 35.7 Å². The lowest BCUT2D eigenvalue weighted by Gasteiger charge is -2.24. The molecule has 2 heterocycles. The smallest absolute Gasteiger partial charge is 0.339 e. The highest BCUT2D eigenvalue weighted by molar-refractivity contribution is 5.89. The summed E-state index contributed by atoms with van der Waals surface area (Å²) in [6.07, 6.45) is 4.83. The molecule has 1 aliphatic heterocycles. The first-order chi connectivity index (χ1) is 9.24. The van der Waals surface area contributed by atoms with Crippen LogP contribution in [0.25, 0.3) is 5.57 Å². The number of esters is 1. The van der Waals surface area contributed by atoms with Crippen molar-refractivity contribution >= 4 is 11.5 Å². The van der Waals surface area contributed by atoms with Gasteiger partial charge in [0, 0.05) is 19.3 Å². The Morgan fingerprint density at radius 2 is 2.26 bits per heavy atom. The van der Waals surface area contributed by atoms with Crippen LogP contribution >= 0.6 is 0 Å². The summed E-state index contributed by atoms with van der Waals surface area (Å²) in [7, 11) is 0. The molecule has 102 valence electrons. The van der Waals surface area contributed by atoms with E-state index in [0.717, 1.165) is 31.7 Å². The van der Waals surface area contributed by atoms with E-state index in [1.165, 1.54) is 5.57 Å². The van der Waals surface area contributed by atoms with Gasteiger partial charge >= 0.3 is 5.97 Å². The van der Waals surface area contributed by atoms with E-state index >= 15 is 0 Å². The second kappa shape index (κ2) is 6.48. The van der Waals surface area contributed by atoms with Crippen molar-refractivity contribution in [2.24, 2.45) is 0 Å². The average molecular weight is 260 g/mol.